The van der Waals surface area contributed by atoms with Crippen molar-refractivity contribution in [2.24, 2.45) is 5.10 Å². The molecule has 1 amide bonds. The molecule has 0 saturated carbocycles. The van der Waals surface area contributed by atoms with E-state index in [1.54, 1.807) is 37.0 Å². The van der Waals surface area contributed by atoms with Crippen molar-refractivity contribution >= 4 is 29.0 Å². The summed E-state index contributed by atoms with van der Waals surface area (Å²) in [6, 6.07) is 12.6. The Bertz CT molecular complexity index is 1260. The Hall–Kier alpha value is -4.41. The van der Waals surface area contributed by atoms with Crippen LogP contribution in [0.2, 0.25) is 0 Å². The number of imidazole rings is 1. The standard InChI is InChI=1S/C20H19N7O4/c1-29-13-8-7-12(16(9-13)30-2)10-22-24-17(28)11-27-15-6-4-3-5-14(15)23-20(27)18-19(21)26-31-25-18/h3-10H,11H2,1-2H3,(H2,21,26)(H,24,28)/b22-10+. The van der Waals surface area contributed by atoms with Crippen LogP contribution in [0.4, 0.5) is 5.82 Å². The van der Waals surface area contributed by atoms with Crippen molar-refractivity contribution in [3.05, 3.63) is 48.0 Å². The lowest BCUT2D eigenvalue weighted by Crippen LogP contribution is -2.23. The largest absolute Gasteiger partial charge is 0.497 e. The highest BCUT2D eigenvalue weighted by Gasteiger charge is 2.20. The maximum atomic E-state index is 12.6. The van der Waals surface area contributed by atoms with E-state index < -0.39 is 0 Å². The molecule has 2 heterocycles. The van der Waals surface area contributed by atoms with E-state index in [0.717, 1.165) is 5.52 Å². The van der Waals surface area contributed by atoms with Gasteiger partial charge in [-0.3, -0.25) is 4.79 Å². The fourth-order valence-corrected chi connectivity index (χ4v) is 3.04. The molecule has 0 atom stereocenters. The normalized spacial score (nSPS) is 11.2. The molecule has 0 aliphatic carbocycles. The molecule has 2 aromatic carbocycles. The van der Waals surface area contributed by atoms with Gasteiger partial charge in [-0.2, -0.15) is 5.10 Å². The van der Waals surface area contributed by atoms with Crippen molar-refractivity contribution in [3.63, 3.8) is 0 Å². The van der Waals surface area contributed by atoms with Crippen molar-refractivity contribution in [2.45, 2.75) is 6.54 Å². The fraction of sp³-hybridized carbons (Fsp3) is 0.150. The summed E-state index contributed by atoms with van der Waals surface area (Å²) in [4.78, 5) is 17.1. The monoisotopic (exact) mass is 421 g/mol. The third kappa shape index (κ3) is 4.01. The summed E-state index contributed by atoms with van der Waals surface area (Å²) >= 11 is 0. The highest BCUT2D eigenvalue weighted by atomic mass is 16.6. The lowest BCUT2D eigenvalue weighted by Gasteiger charge is -2.08. The van der Waals surface area contributed by atoms with Crippen LogP contribution in [0.25, 0.3) is 22.6 Å². The molecule has 0 unspecified atom stereocenters. The molecule has 31 heavy (non-hydrogen) atoms. The Morgan fingerprint density at radius 3 is 2.81 bits per heavy atom. The average molecular weight is 421 g/mol. The highest BCUT2D eigenvalue weighted by Crippen LogP contribution is 2.26. The number of nitrogens with two attached hydrogens (primary N) is 1. The van der Waals surface area contributed by atoms with Gasteiger partial charge in [0.2, 0.25) is 0 Å². The first kappa shape index (κ1) is 19.9. The van der Waals surface area contributed by atoms with Crippen LogP contribution in [0.15, 0.2) is 52.2 Å². The number of carbonyl (C=O) groups excluding carboxylic acids is 1. The molecule has 0 radical (unpaired) electrons. The quantitative estimate of drug-likeness (QED) is 0.340. The zero-order valence-electron chi connectivity index (χ0n) is 16.8. The molecule has 0 aliphatic heterocycles. The number of methoxy groups -OCH3 is 2. The van der Waals surface area contributed by atoms with Gasteiger partial charge in [0.25, 0.3) is 5.91 Å². The molecule has 4 rings (SSSR count). The van der Waals surface area contributed by atoms with Crippen molar-refractivity contribution < 1.29 is 18.9 Å². The fourth-order valence-electron chi connectivity index (χ4n) is 3.04. The number of anilines is 1. The molecular formula is C20H19N7O4. The van der Waals surface area contributed by atoms with Gasteiger partial charge in [-0.1, -0.05) is 12.1 Å². The van der Waals surface area contributed by atoms with Crippen LogP contribution in [0.3, 0.4) is 0 Å². The molecule has 0 bridgehead atoms. The Morgan fingerprint density at radius 1 is 1.23 bits per heavy atom. The number of hydrogen-bond donors (Lipinski definition) is 2. The summed E-state index contributed by atoms with van der Waals surface area (Å²) in [5.41, 5.74) is 10.7. The third-order valence-corrected chi connectivity index (χ3v) is 4.52. The van der Waals surface area contributed by atoms with Crippen LogP contribution in [-0.4, -0.2) is 46.2 Å². The van der Waals surface area contributed by atoms with Gasteiger partial charge in [0.05, 0.1) is 31.5 Å². The van der Waals surface area contributed by atoms with Gasteiger partial charge in [-0.25, -0.2) is 15.0 Å². The first-order valence-electron chi connectivity index (χ1n) is 9.18. The Kier molecular flexibility index (Phi) is 5.47. The van der Waals surface area contributed by atoms with Crippen LogP contribution in [0.1, 0.15) is 5.56 Å². The summed E-state index contributed by atoms with van der Waals surface area (Å²) in [6.07, 6.45) is 1.49. The molecule has 3 N–H and O–H groups in total. The molecule has 11 heteroatoms. The lowest BCUT2D eigenvalue weighted by atomic mass is 10.2. The second-order valence-electron chi connectivity index (χ2n) is 6.41. The number of aromatic nitrogens is 4. The van der Waals surface area contributed by atoms with Gasteiger partial charge in [-0.05, 0) is 34.6 Å². The van der Waals surface area contributed by atoms with Gasteiger partial charge in [-0.15, -0.1) is 0 Å². The SMILES string of the molecule is COc1ccc(/C=N/NC(=O)Cn2c(-c3nonc3N)nc3ccccc32)c(OC)c1. The van der Waals surface area contributed by atoms with Gasteiger partial charge in [0, 0.05) is 11.6 Å². The number of hydrogen-bond acceptors (Lipinski definition) is 9. The Balaban J connectivity index is 1.56. The van der Waals surface area contributed by atoms with Crippen LogP contribution in [0.5, 0.6) is 11.5 Å². The molecule has 0 saturated heterocycles. The van der Waals surface area contributed by atoms with Crippen LogP contribution < -0.4 is 20.6 Å². The first-order chi connectivity index (χ1) is 15.1. The first-order valence-corrected chi connectivity index (χ1v) is 9.18. The zero-order valence-corrected chi connectivity index (χ0v) is 16.8. The summed E-state index contributed by atoms with van der Waals surface area (Å²) in [5.74, 6) is 1.30. The Labute approximate surface area is 176 Å². The van der Waals surface area contributed by atoms with E-state index >= 15 is 0 Å². The van der Waals surface area contributed by atoms with E-state index in [4.69, 9.17) is 15.2 Å². The smallest absolute Gasteiger partial charge is 0.260 e. The van der Waals surface area contributed by atoms with Crippen molar-refractivity contribution in [1.82, 2.24) is 25.3 Å². The minimum atomic E-state index is -0.372. The van der Waals surface area contributed by atoms with E-state index in [-0.39, 0.29) is 24.0 Å². The number of nitrogens with zero attached hydrogens (tertiary/aromatic N) is 5. The topological polar surface area (TPSA) is 143 Å². The molecule has 0 fully saturated rings. The number of carbonyl (C=O) groups is 1. The van der Waals surface area contributed by atoms with Gasteiger partial charge in [0.1, 0.15) is 18.0 Å². The average Bonchev–Trinajstić information content (AvgIpc) is 3.37. The number of ether oxygens (including phenoxy) is 2. The maximum Gasteiger partial charge on any atom is 0.260 e. The van der Waals surface area contributed by atoms with Crippen molar-refractivity contribution in [1.29, 1.82) is 0 Å². The number of nitrogen functional groups attached to an aromatic ring is 1. The van der Waals surface area contributed by atoms with Gasteiger partial charge in [0.15, 0.2) is 17.3 Å². The molecule has 0 aliphatic rings. The number of nitrogens with one attached hydrogen (secondary N) is 1. The van der Waals surface area contributed by atoms with Gasteiger partial charge >= 0.3 is 0 Å². The maximum absolute atomic E-state index is 12.6. The molecular weight excluding hydrogens is 402 g/mol. The zero-order chi connectivity index (χ0) is 21.8. The van der Waals surface area contributed by atoms with E-state index in [0.29, 0.717) is 28.4 Å². The minimum absolute atomic E-state index is 0.0702. The van der Waals surface area contributed by atoms with E-state index in [1.165, 1.54) is 6.21 Å². The number of fused-ring (bicyclic) bond motifs is 1. The molecule has 158 valence electrons. The lowest BCUT2D eigenvalue weighted by molar-refractivity contribution is -0.121. The summed E-state index contributed by atoms with van der Waals surface area (Å²) in [7, 11) is 3.11. The number of rotatable bonds is 7. The summed E-state index contributed by atoms with van der Waals surface area (Å²) in [6.45, 7) is -0.0702. The van der Waals surface area contributed by atoms with Crippen molar-refractivity contribution in [2.75, 3.05) is 20.0 Å². The number of amides is 1. The van der Waals surface area contributed by atoms with E-state index in [9.17, 15) is 4.79 Å². The number of hydrazone groups is 1. The van der Waals surface area contributed by atoms with E-state index in [2.05, 4.69) is 30.5 Å². The minimum Gasteiger partial charge on any atom is -0.497 e. The molecule has 2 aromatic heterocycles. The van der Waals surface area contributed by atoms with Crippen LogP contribution >= 0.6 is 0 Å². The molecule has 11 nitrogen and oxygen atoms in total. The number of para-hydroxylation sites is 2. The third-order valence-electron chi connectivity index (χ3n) is 4.52. The van der Waals surface area contributed by atoms with Gasteiger partial charge < -0.3 is 19.8 Å². The molecule has 0 spiro atoms. The van der Waals surface area contributed by atoms with E-state index in [1.807, 2.05) is 24.3 Å². The van der Waals surface area contributed by atoms with Crippen LogP contribution in [-0.2, 0) is 11.3 Å². The molecule has 4 aromatic rings. The summed E-state index contributed by atoms with van der Waals surface area (Å²) in [5, 5.41) is 11.4. The predicted molar refractivity (Wildman–Crippen MR) is 113 cm³/mol. The van der Waals surface area contributed by atoms with Crippen LogP contribution in [0, 0.1) is 0 Å². The summed E-state index contributed by atoms with van der Waals surface area (Å²) < 4.78 is 16.8. The Morgan fingerprint density at radius 2 is 2.06 bits per heavy atom. The second kappa shape index (κ2) is 8.53. The predicted octanol–water partition coefficient (Wildman–Crippen LogP) is 1.84. The van der Waals surface area contributed by atoms with Crippen molar-refractivity contribution in [3.8, 4) is 23.0 Å². The second-order valence-corrected chi connectivity index (χ2v) is 6.41. The highest BCUT2D eigenvalue weighted by molar-refractivity contribution is 5.87. The number of benzene rings is 2.